The van der Waals surface area contributed by atoms with E-state index in [1.54, 1.807) is 0 Å². The predicted molar refractivity (Wildman–Crippen MR) is 96.3 cm³/mol. The van der Waals surface area contributed by atoms with E-state index in [4.69, 9.17) is 19.9 Å². The van der Waals surface area contributed by atoms with Gasteiger partial charge in [0.2, 0.25) is 0 Å². The molecule has 0 aliphatic carbocycles. The van der Waals surface area contributed by atoms with E-state index in [9.17, 15) is 4.79 Å². The number of aryl methyl sites for hydroxylation is 1. The fraction of sp³-hybridized carbons (Fsp3) is 0.611. The molecule has 1 aliphatic heterocycles. The van der Waals surface area contributed by atoms with Gasteiger partial charge >= 0.3 is 0 Å². The van der Waals surface area contributed by atoms with Crippen LogP contribution in [0, 0.1) is 6.92 Å². The summed E-state index contributed by atoms with van der Waals surface area (Å²) in [6.07, 6.45) is 0.465. The predicted octanol–water partition coefficient (Wildman–Crippen LogP) is 2.20. The van der Waals surface area contributed by atoms with Crippen molar-refractivity contribution in [1.29, 1.82) is 0 Å². The lowest BCUT2D eigenvalue weighted by Gasteiger charge is -2.13. The molecule has 0 spiro atoms. The van der Waals surface area contributed by atoms with Crippen molar-refractivity contribution in [2.24, 2.45) is 5.73 Å². The van der Waals surface area contributed by atoms with Gasteiger partial charge in [0.25, 0.3) is 0 Å². The van der Waals surface area contributed by atoms with E-state index in [0.29, 0.717) is 19.0 Å². The first kappa shape index (κ1) is 22.5. The molecule has 3 N–H and O–H groups in total. The van der Waals surface area contributed by atoms with E-state index in [0.717, 1.165) is 24.0 Å². The van der Waals surface area contributed by atoms with Crippen LogP contribution in [-0.2, 0) is 14.3 Å². The molecule has 1 heterocycles. The molecule has 1 unspecified atom stereocenters. The number of rotatable bonds is 6. The van der Waals surface area contributed by atoms with E-state index in [1.807, 2.05) is 52.9 Å². The van der Waals surface area contributed by atoms with Crippen LogP contribution in [0.15, 0.2) is 18.2 Å². The molecule has 0 aromatic heterocycles. The van der Waals surface area contributed by atoms with Crippen molar-refractivity contribution in [1.82, 2.24) is 5.32 Å². The number of ether oxygens (including phenoxy) is 3. The Morgan fingerprint density at radius 2 is 2.00 bits per heavy atom. The second-order valence-corrected chi connectivity index (χ2v) is 5.10. The molecule has 0 amide bonds. The lowest BCUT2D eigenvalue weighted by molar-refractivity contribution is -0.109. The molecular weight excluding hydrogens is 308 g/mol. The third kappa shape index (κ3) is 8.98. The van der Waals surface area contributed by atoms with Crippen LogP contribution in [-0.4, -0.2) is 45.7 Å². The second kappa shape index (κ2) is 13.9. The topological polar surface area (TPSA) is 82.8 Å². The number of benzene rings is 1. The Balaban J connectivity index is 0.000000563. The number of likely N-dealkylation sites (N-methyl/N-ethyl adjacent to an activating group) is 1. The highest BCUT2D eigenvalue weighted by atomic mass is 16.7. The number of hydrogen-bond acceptors (Lipinski definition) is 6. The third-order valence-electron chi connectivity index (χ3n) is 2.96. The average molecular weight is 340 g/mol. The molecule has 0 saturated carbocycles. The number of nitrogens with one attached hydrogen (secondary N) is 1. The van der Waals surface area contributed by atoms with E-state index in [1.165, 1.54) is 0 Å². The number of carbonyl (C=O) groups is 1. The van der Waals surface area contributed by atoms with Crippen LogP contribution in [0.3, 0.4) is 0 Å². The number of hydrogen-bond donors (Lipinski definition) is 2. The minimum absolute atomic E-state index is 0.0786. The van der Waals surface area contributed by atoms with Crippen LogP contribution in [0.4, 0.5) is 0 Å². The molecule has 1 saturated heterocycles. The highest BCUT2D eigenvalue weighted by molar-refractivity contribution is 5.51. The summed E-state index contributed by atoms with van der Waals surface area (Å²) in [6, 6.07) is 5.89. The Morgan fingerprint density at radius 3 is 2.42 bits per heavy atom. The molecule has 0 bridgehead atoms. The Hall–Kier alpha value is -1.47. The van der Waals surface area contributed by atoms with Crippen LogP contribution in [0.5, 0.6) is 5.75 Å². The zero-order chi connectivity index (χ0) is 18.4. The van der Waals surface area contributed by atoms with E-state index in [-0.39, 0.29) is 18.9 Å². The summed E-state index contributed by atoms with van der Waals surface area (Å²) >= 11 is 0. The minimum Gasteiger partial charge on any atom is -0.486 e. The Labute approximate surface area is 145 Å². The molecule has 1 atom stereocenters. The Kier molecular flexibility index (Phi) is 13.1. The SMILES string of the molecule is CC.CNCC(C)N.Cc1cc(OCC=O)ccc1C1OCCO1. The van der Waals surface area contributed by atoms with Gasteiger partial charge in [0, 0.05) is 18.2 Å². The summed E-state index contributed by atoms with van der Waals surface area (Å²) in [5, 5.41) is 2.94. The first-order valence-electron chi connectivity index (χ1n) is 8.38. The molecule has 1 fully saturated rings. The van der Waals surface area contributed by atoms with Crippen LogP contribution >= 0.6 is 0 Å². The summed E-state index contributed by atoms with van der Waals surface area (Å²) in [7, 11) is 1.89. The quantitative estimate of drug-likeness (QED) is 0.773. The molecule has 0 radical (unpaired) electrons. The molecule has 1 aliphatic rings. The van der Waals surface area contributed by atoms with Crippen LogP contribution in [0.25, 0.3) is 0 Å². The molecule has 6 nitrogen and oxygen atoms in total. The normalized spacial score (nSPS) is 14.8. The monoisotopic (exact) mass is 340 g/mol. The summed E-state index contributed by atoms with van der Waals surface area (Å²) in [5.74, 6) is 0.686. The molecule has 6 heteroatoms. The summed E-state index contributed by atoms with van der Waals surface area (Å²) in [5.41, 5.74) is 7.39. The van der Waals surface area contributed by atoms with Gasteiger partial charge < -0.3 is 25.3 Å². The standard InChI is InChI=1S/C12H14O4.C4H12N2.C2H6/c1-9-8-10(14-5-4-13)2-3-11(9)12-15-6-7-16-12;1-4(5)3-6-2;1-2/h2-4,8,12H,5-7H2,1H3;4,6H,3,5H2,1-2H3;1-2H3. The smallest absolute Gasteiger partial charge is 0.184 e. The Bertz CT molecular complexity index is 447. The van der Waals surface area contributed by atoms with Crippen LogP contribution < -0.4 is 15.8 Å². The van der Waals surface area contributed by atoms with Crippen molar-refractivity contribution in [3.05, 3.63) is 29.3 Å². The van der Waals surface area contributed by atoms with Crippen LogP contribution in [0.1, 0.15) is 38.2 Å². The highest BCUT2D eigenvalue weighted by Crippen LogP contribution is 2.28. The van der Waals surface area contributed by atoms with Gasteiger partial charge in [-0.25, -0.2) is 0 Å². The fourth-order valence-corrected chi connectivity index (χ4v) is 1.99. The third-order valence-corrected chi connectivity index (χ3v) is 2.96. The van der Waals surface area contributed by atoms with Gasteiger partial charge in [-0.1, -0.05) is 19.9 Å². The van der Waals surface area contributed by atoms with Crippen molar-refractivity contribution in [2.45, 2.75) is 40.0 Å². The second-order valence-electron chi connectivity index (χ2n) is 5.10. The fourth-order valence-electron chi connectivity index (χ4n) is 1.99. The van der Waals surface area contributed by atoms with Crippen LogP contribution in [0.2, 0.25) is 0 Å². The lowest BCUT2D eigenvalue weighted by atomic mass is 10.1. The van der Waals surface area contributed by atoms with Gasteiger partial charge in [0.1, 0.15) is 12.4 Å². The van der Waals surface area contributed by atoms with Crippen molar-refractivity contribution in [3.63, 3.8) is 0 Å². The van der Waals surface area contributed by atoms with Gasteiger partial charge in [-0.05, 0) is 38.6 Å². The maximum Gasteiger partial charge on any atom is 0.184 e. The van der Waals surface area contributed by atoms with Gasteiger partial charge in [-0.2, -0.15) is 0 Å². The molecule has 1 aromatic rings. The van der Waals surface area contributed by atoms with Crippen molar-refractivity contribution >= 4 is 6.29 Å². The van der Waals surface area contributed by atoms with Crippen molar-refractivity contribution < 1.29 is 19.0 Å². The average Bonchev–Trinajstić information content (AvgIpc) is 3.09. The summed E-state index contributed by atoms with van der Waals surface area (Å²) in [6.45, 7) is 10.2. The minimum atomic E-state index is -0.264. The zero-order valence-corrected chi connectivity index (χ0v) is 15.5. The van der Waals surface area contributed by atoms with E-state index < -0.39 is 0 Å². The molecule has 1 aromatic carbocycles. The summed E-state index contributed by atoms with van der Waals surface area (Å²) in [4.78, 5) is 10.2. The first-order valence-corrected chi connectivity index (χ1v) is 8.38. The number of nitrogens with two attached hydrogens (primary N) is 1. The van der Waals surface area contributed by atoms with Gasteiger partial charge in [-0.15, -0.1) is 0 Å². The van der Waals surface area contributed by atoms with Crippen molar-refractivity contribution in [2.75, 3.05) is 33.4 Å². The number of carbonyl (C=O) groups excluding carboxylic acids is 1. The molecule has 24 heavy (non-hydrogen) atoms. The lowest BCUT2D eigenvalue weighted by Crippen LogP contribution is -2.28. The molecule has 138 valence electrons. The zero-order valence-electron chi connectivity index (χ0n) is 15.5. The first-order chi connectivity index (χ1) is 11.6. The molecule has 2 rings (SSSR count). The number of aldehydes is 1. The largest absolute Gasteiger partial charge is 0.486 e. The summed E-state index contributed by atoms with van der Waals surface area (Å²) < 4.78 is 16.0. The maximum absolute atomic E-state index is 10.2. The maximum atomic E-state index is 10.2. The highest BCUT2D eigenvalue weighted by Gasteiger charge is 2.20. The molecular formula is C18H32N2O4. The van der Waals surface area contributed by atoms with E-state index in [2.05, 4.69) is 5.32 Å². The van der Waals surface area contributed by atoms with Crippen molar-refractivity contribution in [3.8, 4) is 5.75 Å². The van der Waals surface area contributed by atoms with Gasteiger partial charge in [0.15, 0.2) is 12.6 Å². The van der Waals surface area contributed by atoms with E-state index >= 15 is 0 Å². The van der Waals surface area contributed by atoms with Gasteiger partial charge in [0.05, 0.1) is 13.2 Å². The van der Waals surface area contributed by atoms with Gasteiger partial charge in [-0.3, -0.25) is 4.79 Å². The Morgan fingerprint density at radius 1 is 1.38 bits per heavy atom.